The van der Waals surface area contributed by atoms with E-state index in [1.807, 2.05) is 31.2 Å². The Morgan fingerprint density at radius 2 is 1.98 bits per heavy atom. The van der Waals surface area contributed by atoms with E-state index >= 15 is 0 Å². The molecule has 0 radical (unpaired) electrons. The number of ether oxygens (including phenoxy) is 1. The van der Waals surface area contributed by atoms with Gasteiger partial charge < -0.3 is 14.7 Å². The SMILES string of the molecule is C=S1(=O)NC(=O)c2ccc3c(c2)N(C[C@@H]2CC[C@H]2[C@@](O)(CS(C)(=O)=O)/C=C/C[C@H](C)[C@H]1C)C[C@@]1(CCCc2cc(Cl)ccc21)CO3. The number of anilines is 1. The maximum atomic E-state index is 13.7. The van der Waals surface area contributed by atoms with Gasteiger partial charge in [-0.15, -0.1) is 0 Å². The van der Waals surface area contributed by atoms with Crippen LogP contribution in [0.1, 0.15) is 67.4 Å². The summed E-state index contributed by atoms with van der Waals surface area (Å²) in [5.41, 5.74) is 1.66. The summed E-state index contributed by atoms with van der Waals surface area (Å²) in [5.74, 6) is 3.32. The van der Waals surface area contributed by atoms with Crippen molar-refractivity contribution in [1.29, 1.82) is 0 Å². The third-order valence-corrected chi connectivity index (χ3v) is 14.3. The zero-order valence-electron chi connectivity index (χ0n) is 26.8. The average Bonchev–Trinajstić information content (AvgIpc) is 3.09. The molecule has 46 heavy (non-hydrogen) atoms. The van der Waals surface area contributed by atoms with Gasteiger partial charge >= 0.3 is 0 Å². The molecule has 250 valence electrons. The second kappa shape index (κ2) is 12.2. The van der Waals surface area contributed by atoms with Crippen LogP contribution in [0.15, 0.2) is 48.6 Å². The molecule has 4 aliphatic rings. The van der Waals surface area contributed by atoms with Crippen LogP contribution < -0.4 is 14.4 Å². The van der Waals surface area contributed by atoms with Gasteiger partial charge in [0.1, 0.15) is 5.75 Å². The zero-order valence-corrected chi connectivity index (χ0v) is 29.2. The smallest absolute Gasteiger partial charge is 0.262 e. The first kappa shape index (κ1) is 33.4. The minimum Gasteiger partial charge on any atom is -0.490 e. The second-order valence-corrected chi connectivity index (χ2v) is 19.2. The minimum absolute atomic E-state index is 0.00740. The number of fused-ring (bicyclic) bond motifs is 4. The monoisotopic (exact) mass is 688 g/mol. The molecule has 1 saturated carbocycles. The number of amides is 1. The van der Waals surface area contributed by atoms with E-state index in [-0.39, 0.29) is 28.9 Å². The van der Waals surface area contributed by atoms with Gasteiger partial charge in [0.15, 0.2) is 9.84 Å². The summed E-state index contributed by atoms with van der Waals surface area (Å²) in [6.45, 7) is 5.33. The van der Waals surface area contributed by atoms with Gasteiger partial charge in [0.05, 0.1) is 33.4 Å². The van der Waals surface area contributed by atoms with Crippen molar-refractivity contribution >= 4 is 48.6 Å². The number of hydrogen-bond acceptors (Lipinski definition) is 7. The summed E-state index contributed by atoms with van der Waals surface area (Å²) in [6.07, 6.45) is 9.44. The van der Waals surface area contributed by atoms with E-state index in [0.29, 0.717) is 48.9 Å². The Balaban J connectivity index is 1.47. The van der Waals surface area contributed by atoms with Crippen LogP contribution in [-0.2, 0) is 31.4 Å². The van der Waals surface area contributed by atoms with Crippen molar-refractivity contribution in [3.05, 3.63) is 70.3 Å². The number of aryl methyl sites for hydroxylation is 1. The summed E-state index contributed by atoms with van der Waals surface area (Å²) in [5, 5.41) is 12.3. The number of benzene rings is 2. The maximum absolute atomic E-state index is 13.7. The van der Waals surface area contributed by atoms with Crippen LogP contribution in [0.2, 0.25) is 5.02 Å². The molecule has 2 heterocycles. The van der Waals surface area contributed by atoms with Crippen molar-refractivity contribution in [2.75, 3.05) is 36.6 Å². The molecule has 1 unspecified atom stereocenters. The van der Waals surface area contributed by atoms with Crippen molar-refractivity contribution in [2.24, 2.45) is 17.8 Å². The van der Waals surface area contributed by atoms with Gasteiger partial charge in [-0.05, 0) is 111 Å². The van der Waals surface area contributed by atoms with Crippen LogP contribution in [-0.4, -0.2) is 72.1 Å². The Hall–Kier alpha value is -2.53. The fourth-order valence-electron chi connectivity index (χ4n) is 8.05. The molecule has 7 atom stereocenters. The fraction of sp³-hybridized carbons (Fsp3) is 0.543. The van der Waals surface area contributed by atoms with Crippen LogP contribution in [0.4, 0.5) is 5.69 Å². The highest BCUT2D eigenvalue weighted by Gasteiger charge is 2.49. The summed E-state index contributed by atoms with van der Waals surface area (Å²) in [6, 6.07) is 11.4. The van der Waals surface area contributed by atoms with Crippen molar-refractivity contribution in [3.8, 4) is 5.75 Å². The van der Waals surface area contributed by atoms with E-state index in [9.17, 15) is 22.5 Å². The second-order valence-electron chi connectivity index (χ2n) is 14.3. The topological polar surface area (TPSA) is 113 Å². The Labute approximate surface area is 278 Å². The predicted molar refractivity (Wildman–Crippen MR) is 186 cm³/mol. The van der Waals surface area contributed by atoms with Crippen molar-refractivity contribution in [1.82, 2.24) is 4.72 Å². The molecule has 2 aromatic carbocycles. The standard InChI is InChI=1S/C35H45ClN2O6S2/c1-23-7-5-16-35(40,22-45(3,41)42)30-12-9-27(30)19-38-20-34(15-6-8-25-17-28(36)11-13-29(25)34)21-44-32-14-10-26(18-31(32)38)33(39)37-46(4,43)24(23)2/h5,10-11,13-14,16-18,23-24,27,30,40H,4,6-9,12,15,19-22H2,1-3H3,(H,37,39,43)/b16-5+/t23-,24+,27-,30+,34-,35-,46?/m0/s1. The first-order valence-electron chi connectivity index (χ1n) is 16.2. The highest BCUT2D eigenvalue weighted by atomic mass is 35.5. The van der Waals surface area contributed by atoms with Gasteiger partial charge in [-0.1, -0.05) is 36.7 Å². The summed E-state index contributed by atoms with van der Waals surface area (Å²) in [4.78, 5) is 15.8. The lowest BCUT2D eigenvalue weighted by Crippen LogP contribution is -2.54. The number of nitrogens with zero attached hydrogens (tertiary/aromatic N) is 1. The van der Waals surface area contributed by atoms with Crippen molar-refractivity contribution in [3.63, 3.8) is 0 Å². The summed E-state index contributed by atoms with van der Waals surface area (Å²) in [7, 11) is -6.57. The number of sulfone groups is 1. The molecule has 2 aliphatic carbocycles. The molecule has 0 saturated heterocycles. The lowest BCUT2D eigenvalue weighted by molar-refractivity contribution is -0.0288. The third kappa shape index (κ3) is 6.47. The van der Waals surface area contributed by atoms with Crippen LogP contribution >= 0.6 is 11.6 Å². The van der Waals surface area contributed by atoms with Crippen molar-refractivity contribution < 1.29 is 27.3 Å². The van der Waals surface area contributed by atoms with Crippen LogP contribution in [0.5, 0.6) is 5.75 Å². The van der Waals surface area contributed by atoms with Gasteiger partial charge in [-0.25, -0.2) is 12.6 Å². The molecule has 2 bridgehead atoms. The lowest BCUT2D eigenvalue weighted by Gasteiger charge is -2.49. The molecule has 8 nitrogen and oxygen atoms in total. The highest BCUT2D eigenvalue weighted by Crippen LogP contribution is 2.48. The molecule has 0 aromatic heterocycles. The molecule has 1 spiro atoms. The lowest BCUT2D eigenvalue weighted by atomic mass is 9.64. The number of carbonyl (C=O) groups excluding carboxylic acids is 1. The van der Waals surface area contributed by atoms with E-state index in [1.54, 1.807) is 25.1 Å². The largest absolute Gasteiger partial charge is 0.490 e. The molecule has 1 amide bonds. The van der Waals surface area contributed by atoms with Gasteiger partial charge in [0.25, 0.3) is 5.91 Å². The molecule has 1 fully saturated rings. The number of allylic oxidation sites excluding steroid dienone is 1. The number of halogens is 1. The van der Waals surface area contributed by atoms with E-state index < -0.39 is 36.3 Å². The third-order valence-electron chi connectivity index (χ3n) is 10.9. The van der Waals surface area contributed by atoms with Gasteiger partial charge in [0.2, 0.25) is 0 Å². The quantitative estimate of drug-likeness (QED) is 0.339. The van der Waals surface area contributed by atoms with E-state index in [0.717, 1.165) is 37.6 Å². The van der Waals surface area contributed by atoms with Gasteiger partial charge in [0, 0.05) is 40.6 Å². The maximum Gasteiger partial charge on any atom is 0.262 e. The van der Waals surface area contributed by atoms with Crippen LogP contribution in [0.3, 0.4) is 0 Å². The molecule has 6 rings (SSSR count). The van der Waals surface area contributed by atoms with Gasteiger partial charge in [-0.2, -0.15) is 0 Å². The first-order valence-corrected chi connectivity index (χ1v) is 20.4. The minimum atomic E-state index is -3.52. The zero-order chi connectivity index (χ0) is 33.1. The number of carbonyl (C=O) groups is 1. The van der Waals surface area contributed by atoms with Crippen LogP contribution in [0, 0.1) is 17.8 Å². The Kier molecular flexibility index (Phi) is 8.83. The van der Waals surface area contributed by atoms with Crippen LogP contribution in [0.25, 0.3) is 0 Å². The molecule has 2 aromatic rings. The van der Waals surface area contributed by atoms with E-state index in [2.05, 4.69) is 21.6 Å². The fourth-order valence-corrected chi connectivity index (χ4v) is 10.9. The predicted octanol–water partition coefficient (Wildman–Crippen LogP) is 4.96. The molecule has 2 N–H and O–H groups in total. The molecular formula is C35H45ClN2O6S2. The Morgan fingerprint density at radius 1 is 1.20 bits per heavy atom. The summed E-state index contributed by atoms with van der Waals surface area (Å²) >= 11 is 6.41. The molecule has 2 aliphatic heterocycles. The first-order chi connectivity index (χ1) is 21.6. The Bertz CT molecular complexity index is 1780. The normalized spacial score (nSPS) is 35.5. The van der Waals surface area contributed by atoms with E-state index in [4.69, 9.17) is 16.3 Å². The number of aliphatic hydroxyl groups is 1. The highest BCUT2D eigenvalue weighted by molar-refractivity contribution is 7.99. The number of hydrogen-bond donors (Lipinski definition) is 2. The summed E-state index contributed by atoms with van der Waals surface area (Å²) < 4.78 is 48.3. The van der Waals surface area contributed by atoms with E-state index in [1.165, 1.54) is 11.1 Å². The Morgan fingerprint density at radius 3 is 2.70 bits per heavy atom. The number of nitrogens with one attached hydrogen (secondary N) is 1. The van der Waals surface area contributed by atoms with Gasteiger partial charge in [-0.3, -0.25) is 9.52 Å². The average molecular weight is 689 g/mol. The number of rotatable bonds is 2. The van der Waals surface area contributed by atoms with Crippen molar-refractivity contribution in [2.45, 2.75) is 68.6 Å². The molecule has 11 heteroatoms. The molecular weight excluding hydrogens is 644 g/mol.